The summed E-state index contributed by atoms with van der Waals surface area (Å²) in [6.07, 6.45) is 2.80. The number of anilines is 1. The minimum Gasteiger partial charge on any atom is -0.480 e. The minimum atomic E-state index is 0.121. The van der Waals surface area contributed by atoms with Gasteiger partial charge < -0.3 is 19.1 Å². The Hall–Kier alpha value is -3.30. The molecule has 9 heteroatoms. The van der Waals surface area contributed by atoms with Crippen LogP contribution in [-0.4, -0.2) is 78.0 Å². The molecule has 1 atom stereocenters. The molecule has 0 radical (unpaired) electrons. The lowest BCUT2D eigenvalue weighted by atomic mass is 10.0. The molecule has 1 aliphatic rings. The highest BCUT2D eigenvalue weighted by molar-refractivity contribution is 5.74. The van der Waals surface area contributed by atoms with Crippen LogP contribution in [0.5, 0.6) is 11.6 Å². The number of ether oxygens (including phenoxy) is 3. The van der Waals surface area contributed by atoms with Gasteiger partial charge >= 0.3 is 0 Å². The molecular weight excluding hydrogens is 444 g/mol. The van der Waals surface area contributed by atoms with E-state index < -0.39 is 0 Å². The SMILES string of the molecule is COCOc1cc(-c2cnnc(OC)c2)ccc1-c1ccc(N2CC[C@@H](N(C)C(C)(C)C)C2)nn1. The summed E-state index contributed by atoms with van der Waals surface area (Å²) in [5.41, 5.74) is 3.50. The van der Waals surface area contributed by atoms with Crippen LogP contribution < -0.4 is 14.4 Å². The van der Waals surface area contributed by atoms with Gasteiger partial charge in [-0.3, -0.25) is 4.90 Å². The van der Waals surface area contributed by atoms with Gasteiger partial charge in [-0.2, -0.15) is 5.10 Å². The summed E-state index contributed by atoms with van der Waals surface area (Å²) >= 11 is 0. The van der Waals surface area contributed by atoms with Gasteiger partial charge in [0, 0.05) is 49.0 Å². The van der Waals surface area contributed by atoms with E-state index in [2.05, 4.69) is 58.0 Å². The number of rotatable bonds is 8. The number of hydrogen-bond donors (Lipinski definition) is 0. The lowest BCUT2D eigenvalue weighted by molar-refractivity contribution is 0.0515. The molecule has 1 aromatic carbocycles. The zero-order chi connectivity index (χ0) is 25.0. The molecule has 9 nitrogen and oxygen atoms in total. The molecule has 3 heterocycles. The molecule has 0 unspecified atom stereocenters. The maximum atomic E-state index is 5.89. The topological polar surface area (TPSA) is 85.7 Å². The molecule has 1 saturated heterocycles. The van der Waals surface area contributed by atoms with Crippen LogP contribution in [0.25, 0.3) is 22.4 Å². The Bertz CT molecular complexity index is 1130. The third kappa shape index (κ3) is 5.68. The normalized spacial score (nSPS) is 16.1. The van der Waals surface area contributed by atoms with Crippen LogP contribution in [0.2, 0.25) is 0 Å². The zero-order valence-corrected chi connectivity index (χ0v) is 21.4. The molecular formula is C26H34N6O3. The van der Waals surface area contributed by atoms with Crippen molar-refractivity contribution in [1.82, 2.24) is 25.3 Å². The third-order valence-electron chi connectivity index (χ3n) is 6.51. The number of likely N-dealkylation sites (N-methyl/N-ethyl adjacent to an activating group) is 1. The fraction of sp³-hybridized carbons (Fsp3) is 0.462. The van der Waals surface area contributed by atoms with Gasteiger partial charge in [-0.1, -0.05) is 6.07 Å². The van der Waals surface area contributed by atoms with Crippen molar-refractivity contribution in [2.24, 2.45) is 0 Å². The summed E-state index contributed by atoms with van der Waals surface area (Å²) in [6.45, 7) is 8.79. The first-order valence-electron chi connectivity index (χ1n) is 11.7. The summed E-state index contributed by atoms with van der Waals surface area (Å²) in [7, 11) is 5.36. The molecule has 186 valence electrons. The van der Waals surface area contributed by atoms with E-state index in [1.807, 2.05) is 36.4 Å². The summed E-state index contributed by atoms with van der Waals surface area (Å²) in [5.74, 6) is 1.99. The molecule has 0 aliphatic carbocycles. The molecule has 1 fully saturated rings. The molecule has 3 aromatic rings. The Morgan fingerprint density at radius 3 is 2.54 bits per heavy atom. The van der Waals surface area contributed by atoms with E-state index in [1.165, 1.54) is 0 Å². The van der Waals surface area contributed by atoms with Crippen molar-refractivity contribution in [3.8, 4) is 34.0 Å². The van der Waals surface area contributed by atoms with Gasteiger partial charge in [0.15, 0.2) is 12.6 Å². The summed E-state index contributed by atoms with van der Waals surface area (Å²) in [5, 5.41) is 17.0. The molecule has 35 heavy (non-hydrogen) atoms. The maximum Gasteiger partial charge on any atom is 0.233 e. The van der Waals surface area contributed by atoms with Gasteiger partial charge in [0.25, 0.3) is 0 Å². The Morgan fingerprint density at radius 1 is 1.03 bits per heavy atom. The highest BCUT2D eigenvalue weighted by atomic mass is 16.7. The van der Waals surface area contributed by atoms with E-state index in [-0.39, 0.29) is 12.3 Å². The van der Waals surface area contributed by atoms with E-state index in [1.54, 1.807) is 20.4 Å². The lowest BCUT2D eigenvalue weighted by Crippen LogP contribution is -2.46. The predicted molar refractivity (Wildman–Crippen MR) is 136 cm³/mol. The van der Waals surface area contributed by atoms with E-state index >= 15 is 0 Å². The zero-order valence-electron chi connectivity index (χ0n) is 21.4. The lowest BCUT2D eigenvalue weighted by Gasteiger charge is -2.36. The van der Waals surface area contributed by atoms with Crippen LogP contribution in [0.1, 0.15) is 27.2 Å². The van der Waals surface area contributed by atoms with Crippen LogP contribution in [0.15, 0.2) is 42.6 Å². The van der Waals surface area contributed by atoms with Crippen LogP contribution in [0.4, 0.5) is 5.82 Å². The van der Waals surface area contributed by atoms with Crippen molar-refractivity contribution >= 4 is 5.82 Å². The number of nitrogens with zero attached hydrogens (tertiary/aromatic N) is 6. The van der Waals surface area contributed by atoms with Crippen molar-refractivity contribution in [2.75, 3.05) is 46.0 Å². The third-order valence-corrected chi connectivity index (χ3v) is 6.51. The van der Waals surface area contributed by atoms with Crippen molar-refractivity contribution in [3.63, 3.8) is 0 Å². The van der Waals surface area contributed by atoms with Crippen LogP contribution in [-0.2, 0) is 4.74 Å². The predicted octanol–water partition coefficient (Wildman–Crippen LogP) is 3.90. The average Bonchev–Trinajstić information content (AvgIpc) is 3.36. The second-order valence-corrected chi connectivity index (χ2v) is 9.70. The second-order valence-electron chi connectivity index (χ2n) is 9.70. The van der Waals surface area contributed by atoms with Gasteiger partial charge in [0.05, 0.1) is 19.0 Å². The Balaban J connectivity index is 1.56. The first-order chi connectivity index (χ1) is 16.8. The monoisotopic (exact) mass is 478 g/mol. The maximum absolute atomic E-state index is 5.89. The molecule has 0 spiro atoms. The van der Waals surface area contributed by atoms with Gasteiger partial charge in [-0.25, -0.2) is 0 Å². The van der Waals surface area contributed by atoms with Crippen LogP contribution in [0.3, 0.4) is 0 Å². The van der Waals surface area contributed by atoms with Crippen molar-refractivity contribution in [1.29, 1.82) is 0 Å². The number of aromatic nitrogens is 4. The highest BCUT2D eigenvalue weighted by Crippen LogP contribution is 2.34. The van der Waals surface area contributed by atoms with Gasteiger partial charge in [0.2, 0.25) is 5.88 Å². The fourth-order valence-electron chi connectivity index (χ4n) is 4.21. The molecule has 0 N–H and O–H groups in total. The van der Waals surface area contributed by atoms with Crippen molar-refractivity contribution in [2.45, 2.75) is 38.8 Å². The number of benzene rings is 1. The Morgan fingerprint density at radius 2 is 1.86 bits per heavy atom. The summed E-state index contributed by atoms with van der Waals surface area (Å²) < 4.78 is 16.2. The first kappa shape index (κ1) is 24.8. The van der Waals surface area contributed by atoms with E-state index in [9.17, 15) is 0 Å². The van der Waals surface area contributed by atoms with Gasteiger partial charge in [-0.05, 0) is 64.1 Å². The number of methoxy groups -OCH3 is 2. The Kier molecular flexibility index (Phi) is 7.47. The van der Waals surface area contributed by atoms with E-state index in [0.29, 0.717) is 17.7 Å². The van der Waals surface area contributed by atoms with Crippen molar-refractivity contribution in [3.05, 3.63) is 42.6 Å². The van der Waals surface area contributed by atoms with E-state index in [4.69, 9.17) is 14.2 Å². The highest BCUT2D eigenvalue weighted by Gasteiger charge is 2.31. The largest absolute Gasteiger partial charge is 0.480 e. The van der Waals surface area contributed by atoms with Crippen molar-refractivity contribution < 1.29 is 14.2 Å². The van der Waals surface area contributed by atoms with Gasteiger partial charge in [0.1, 0.15) is 5.75 Å². The molecule has 0 amide bonds. The first-order valence-corrected chi connectivity index (χ1v) is 11.7. The molecule has 0 saturated carbocycles. The quantitative estimate of drug-likeness (QED) is 0.447. The smallest absolute Gasteiger partial charge is 0.233 e. The fourth-order valence-corrected chi connectivity index (χ4v) is 4.21. The number of hydrogen-bond acceptors (Lipinski definition) is 9. The average molecular weight is 479 g/mol. The van der Waals surface area contributed by atoms with Crippen LogP contribution in [0, 0.1) is 0 Å². The minimum absolute atomic E-state index is 0.121. The van der Waals surface area contributed by atoms with Gasteiger partial charge in [-0.15, -0.1) is 15.3 Å². The molecule has 0 bridgehead atoms. The molecule has 1 aliphatic heterocycles. The van der Waals surface area contributed by atoms with E-state index in [0.717, 1.165) is 47.7 Å². The van der Waals surface area contributed by atoms with Crippen LogP contribution >= 0.6 is 0 Å². The molecule has 2 aromatic heterocycles. The molecule has 4 rings (SSSR count). The summed E-state index contributed by atoms with van der Waals surface area (Å²) in [4.78, 5) is 4.75. The Labute approximate surface area is 207 Å². The second kappa shape index (κ2) is 10.5. The summed E-state index contributed by atoms with van der Waals surface area (Å²) in [6, 6.07) is 12.3. The standard InChI is InChI=1S/C26H34N6O3/c1-26(2,3)31(4)20-11-12-32(16-20)24-10-9-22(28-29-24)21-8-7-18(13-23(21)35-17-33-5)19-14-25(34-6)30-27-15-19/h7-10,13-15,20H,11-12,16-17H2,1-6H3/t20-/m1/s1.